The van der Waals surface area contributed by atoms with Gasteiger partial charge < -0.3 is 10.3 Å². The molecule has 3 N–H and O–H groups in total. The van der Waals surface area contributed by atoms with E-state index in [0.717, 1.165) is 6.42 Å². The topological polar surface area (TPSA) is 53.5 Å². The van der Waals surface area contributed by atoms with Gasteiger partial charge in [-0.1, -0.05) is 20.8 Å². The number of quaternary nitrogens is 1. The van der Waals surface area contributed by atoms with E-state index in [9.17, 15) is 5.21 Å². The van der Waals surface area contributed by atoms with Gasteiger partial charge in [-0.05, 0) is 5.41 Å². The summed E-state index contributed by atoms with van der Waals surface area (Å²) in [5.41, 5.74) is 5.22. The van der Waals surface area contributed by atoms with Crippen molar-refractivity contribution in [2.75, 3.05) is 6.54 Å². The maximum absolute atomic E-state index is 11.4. The molecule has 0 heterocycles. The quantitative estimate of drug-likeness (QED) is 0.483. The van der Waals surface area contributed by atoms with Crippen LogP contribution < -0.4 is 10.8 Å². The van der Waals surface area contributed by atoms with E-state index in [1.165, 1.54) is 0 Å². The zero-order chi connectivity index (χ0) is 9.99. The summed E-state index contributed by atoms with van der Waals surface area (Å²) in [6.45, 7) is 10.5. The Morgan fingerprint density at radius 3 is 1.83 bits per heavy atom. The molecule has 0 amide bonds. The van der Waals surface area contributed by atoms with Gasteiger partial charge in [0, 0.05) is 20.3 Å². The van der Waals surface area contributed by atoms with Crippen LogP contribution in [-0.4, -0.2) is 12.2 Å². The predicted octanol–water partition coefficient (Wildman–Crippen LogP) is 0.500. The summed E-state index contributed by atoms with van der Waals surface area (Å²) in [5, 5.41) is 11.5. The van der Waals surface area contributed by atoms with E-state index in [4.69, 9.17) is 5.73 Å². The number of hydrogen-bond donors (Lipinski definition) is 2. The van der Waals surface area contributed by atoms with Crippen LogP contribution in [-0.2, 0) is 0 Å². The van der Waals surface area contributed by atoms with Crippen molar-refractivity contribution < 1.29 is 5.06 Å². The van der Waals surface area contributed by atoms with E-state index in [-0.39, 0.29) is 10.5 Å². The number of nitrogens with one attached hydrogen (secondary N) is 1. The zero-order valence-electron chi connectivity index (χ0n) is 8.90. The SMILES string of the molecule is CC(C)(C)CC[NH+]([O-])C(C)(C)N. The van der Waals surface area contributed by atoms with Crippen molar-refractivity contribution in [2.45, 2.75) is 46.7 Å². The molecule has 0 aromatic carbocycles. The second-order valence-electron chi connectivity index (χ2n) is 5.21. The molecule has 1 unspecified atom stereocenters. The summed E-state index contributed by atoms with van der Waals surface area (Å²) in [6.07, 6.45) is 0.909. The van der Waals surface area contributed by atoms with Crippen molar-refractivity contribution in [1.82, 2.24) is 0 Å². The molecule has 0 spiro atoms. The maximum atomic E-state index is 11.4. The van der Waals surface area contributed by atoms with Gasteiger partial charge in [-0.2, -0.15) is 0 Å². The fourth-order valence-corrected chi connectivity index (χ4v) is 0.811. The summed E-state index contributed by atoms with van der Waals surface area (Å²) >= 11 is 0. The zero-order valence-corrected chi connectivity index (χ0v) is 8.90. The first-order valence-electron chi connectivity index (χ1n) is 4.45. The van der Waals surface area contributed by atoms with Crippen LogP contribution in [0.5, 0.6) is 0 Å². The third-order valence-electron chi connectivity index (χ3n) is 1.82. The minimum Gasteiger partial charge on any atom is -0.633 e. The Balaban J connectivity index is 3.80. The molecule has 0 fully saturated rings. The summed E-state index contributed by atoms with van der Waals surface area (Å²) in [4.78, 5) is 0. The average molecular weight is 174 g/mol. The standard InChI is InChI=1S/C9H22N2O/c1-8(2,3)6-7-11(12)9(4,5)10/h11H,6-7,10H2,1-5H3. The molecule has 0 rings (SSSR count). The number of rotatable bonds is 3. The van der Waals surface area contributed by atoms with Crippen LogP contribution in [0.3, 0.4) is 0 Å². The third-order valence-corrected chi connectivity index (χ3v) is 1.82. The Bertz CT molecular complexity index is 132. The first-order chi connectivity index (χ1) is 5.13. The summed E-state index contributed by atoms with van der Waals surface area (Å²) in [5.74, 6) is 0. The van der Waals surface area contributed by atoms with Crippen molar-refractivity contribution in [2.24, 2.45) is 11.1 Å². The van der Waals surface area contributed by atoms with Crippen LogP contribution in [0, 0.1) is 10.6 Å². The van der Waals surface area contributed by atoms with Gasteiger partial charge in [0.15, 0.2) is 0 Å². The molecule has 74 valence electrons. The lowest BCUT2D eigenvalue weighted by Crippen LogP contribution is -3.17. The smallest absolute Gasteiger partial charge is 0.142 e. The normalized spacial score (nSPS) is 16.2. The van der Waals surface area contributed by atoms with Crippen LogP contribution in [0.4, 0.5) is 0 Å². The molecule has 3 nitrogen and oxygen atoms in total. The molecular formula is C9H22N2O. The van der Waals surface area contributed by atoms with E-state index < -0.39 is 5.66 Å². The van der Waals surface area contributed by atoms with Gasteiger partial charge in [-0.3, -0.25) is 5.73 Å². The molecule has 1 atom stereocenters. The van der Waals surface area contributed by atoms with Crippen LogP contribution in [0.1, 0.15) is 41.0 Å². The minimum atomic E-state index is -0.661. The van der Waals surface area contributed by atoms with Gasteiger partial charge in [0.1, 0.15) is 5.66 Å². The number of hydrogen-bond acceptors (Lipinski definition) is 2. The number of nitrogens with two attached hydrogens (primary N) is 1. The Hall–Kier alpha value is -0.120. The molecular weight excluding hydrogens is 152 g/mol. The van der Waals surface area contributed by atoms with Gasteiger partial charge >= 0.3 is 0 Å². The minimum absolute atomic E-state index is 0.150. The first kappa shape index (κ1) is 11.9. The van der Waals surface area contributed by atoms with Crippen LogP contribution in [0.2, 0.25) is 0 Å². The Morgan fingerprint density at radius 2 is 1.58 bits per heavy atom. The van der Waals surface area contributed by atoms with E-state index in [1.54, 1.807) is 13.8 Å². The first-order valence-corrected chi connectivity index (χ1v) is 4.45. The highest BCUT2D eigenvalue weighted by Crippen LogP contribution is 2.16. The van der Waals surface area contributed by atoms with E-state index >= 15 is 0 Å². The predicted molar refractivity (Wildman–Crippen MR) is 51.5 cm³/mol. The summed E-state index contributed by atoms with van der Waals surface area (Å²) in [7, 11) is 0. The van der Waals surface area contributed by atoms with Gasteiger partial charge in [-0.25, -0.2) is 0 Å². The van der Waals surface area contributed by atoms with Crippen molar-refractivity contribution in [1.29, 1.82) is 0 Å². The van der Waals surface area contributed by atoms with Crippen molar-refractivity contribution in [3.63, 3.8) is 0 Å². The fraction of sp³-hybridized carbons (Fsp3) is 1.00. The van der Waals surface area contributed by atoms with Gasteiger partial charge in [0.25, 0.3) is 0 Å². The Kier molecular flexibility index (Phi) is 3.69. The highest BCUT2D eigenvalue weighted by atomic mass is 16.5. The molecule has 0 saturated heterocycles. The Morgan fingerprint density at radius 1 is 1.17 bits per heavy atom. The second kappa shape index (κ2) is 3.73. The lowest BCUT2D eigenvalue weighted by atomic mass is 9.92. The molecule has 12 heavy (non-hydrogen) atoms. The fourth-order valence-electron chi connectivity index (χ4n) is 0.811. The van der Waals surface area contributed by atoms with Crippen LogP contribution in [0.25, 0.3) is 0 Å². The second-order valence-corrected chi connectivity index (χ2v) is 5.21. The molecule has 0 aliphatic rings. The largest absolute Gasteiger partial charge is 0.633 e. The summed E-state index contributed by atoms with van der Waals surface area (Å²) in [6, 6.07) is 0. The Labute approximate surface area is 75.5 Å². The van der Waals surface area contributed by atoms with E-state index in [2.05, 4.69) is 20.8 Å². The monoisotopic (exact) mass is 174 g/mol. The molecule has 0 aliphatic heterocycles. The molecule has 0 aromatic rings. The highest BCUT2D eigenvalue weighted by molar-refractivity contribution is 4.61. The van der Waals surface area contributed by atoms with Crippen molar-refractivity contribution >= 4 is 0 Å². The van der Waals surface area contributed by atoms with Crippen LogP contribution >= 0.6 is 0 Å². The molecule has 0 aromatic heterocycles. The van der Waals surface area contributed by atoms with Crippen molar-refractivity contribution in [3.05, 3.63) is 5.21 Å². The lowest BCUT2D eigenvalue weighted by molar-refractivity contribution is -0.901. The van der Waals surface area contributed by atoms with Gasteiger partial charge in [0.05, 0.1) is 6.54 Å². The molecule has 0 saturated carbocycles. The van der Waals surface area contributed by atoms with Crippen LogP contribution in [0.15, 0.2) is 0 Å². The average Bonchev–Trinajstić information content (AvgIpc) is 1.78. The highest BCUT2D eigenvalue weighted by Gasteiger charge is 2.20. The third kappa shape index (κ3) is 5.52. The van der Waals surface area contributed by atoms with Gasteiger partial charge in [0.2, 0.25) is 0 Å². The molecule has 0 bridgehead atoms. The van der Waals surface area contributed by atoms with Gasteiger partial charge in [-0.15, -0.1) is 0 Å². The lowest BCUT2D eigenvalue weighted by Gasteiger charge is -2.36. The molecule has 0 aliphatic carbocycles. The van der Waals surface area contributed by atoms with E-state index in [1.807, 2.05) is 0 Å². The summed E-state index contributed by atoms with van der Waals surface area (Å²) < 4.78 is 0. The van der Waals surface area contributed by atoms with E-state index in [0.29, 0.717) is 6.54 Å². The number of hydroxylamine groups is 2. The molecule has 3 heteroatoms. The maximum Gasteiger partial charge on any atom is 0.142 e. The van der Waals surface area contributed by atoms with Crippen molar-refractivity contribution in [3.8, 4) is 0 Å². The molecule has 0 radical (unpaired) electrons.